The quantitative estimate of drug-likeness (QED) is 0.318. The molecule has 2 aromatic carbocycles. The normalized spacial score (nSPS) is 11.3. The second-order valence-corrected chi connectivity index (χ2v) is 8.05. The van der Waals surface area contributed by atoms with Gasteiger partial charge in [0.25, 0.3) is 0 Å². The highest BCUT2D eigenvalue weighted by molar-refractivity contribution is 7.98. The molecule has 27 heavy (non-hydrogen) atoms. The maximum atomic E-state index is 6.40. The Morgan fingerprint density at radius 1 is 0.926 bits per heavy atom. The van der Waals surface area contributed by atoms with Crippen LogP contribution in [0.4, 0.5) is 0 Å². The third kappa shape index (κ3) is 3.39. The van der Waals surface area contributed by atoms with E-state index in [1.54, 1.807) is 16.8 Å². The van der Waals surface area contributed by atoms with Gasteiger partial charge < -0.3 is 0 Å². The van der Waals surface area contributed by atoms with Crippen LogP contribution in [-0.4, -0.2) is 26.0 Å². The van der Waals surface area contributed by atoms with Crippen molar-refractivity contribution in [2.75, 3.05) is 6.26 Å². The maximum absolute atomic E-state index is 6.40. The predicted molar refractivity (Wildman–Crippen MR) is 114 cm³/mol. The van der Waals surface area contributed by atoms with Gasteiger partial charge in [0.1, 0.15) is 17.0 Å². The smallest absolute Gasteiger partial charge is 0.168 e. The Balaban J connectivity index is 2.05. The standard InChI is InChI=1S/C18H10Cl4N4S/c1-27-18-14-15(9-3-2-4-10(19)5-9)23-8-24-17(14)26(25-18)16-12(21)6-11(20)7-13(16)22/h2-8H,1H3. The molecule has 0 spiro atoms. The summed E-state index contributed by atoms with van der Waals surface area (Å²) in [5.74, 6) is 0. The number of rotatable bonds is 3. The lowest BCUT2D eigenvalue weighted by Crippen LogP contribution is -2.00. The summed E-state index contributed by atoms with van der Waals surface area (Å²) in [4.78, 5) is 8.90. The summed E-state index contributed by atoms with van der Waals surface area (Å²) in [5, 5.41) is 8.06. The van der Waals surface area contributed by atoms with Crippen molar-refractivity contribution in [3.8, 4) is 16.9 Å². The Kier molecular flexibility index (Phi) is 5.23. The number of hydrogen-bond acceptors (Lipinski definition) is 4. The number of thioether (sulfide) groups is 1. The fraction of sp³-hybridized carbons (Fsp3) is 0.0556. The van der Waals surface area contributed by atoms with Crippen LogP contribution in [0.3, 0.4) is 0 Å². The summed E-state index contributed by atoms with van der Waals surface area (Å²) in [6, 6.07) is 10.7. The molecule has 0 unspecified atom stereocenters. The van der Waals surface area contributed by atoms with E-state index in [2.05, 4.69) is 15.1 Å². The van der Waals surface area contributed by atoms with Crippen LogP contribution < -0.4 is 0 Å². The number of hydrogen-bond donors (Lipinski definition) is 0. The first kappa shape index (κ1) is 18.8. The van der Waals surface area contributed by atoms with Gasteiger partial charge in [0.2, 0.25) is 0 Å². The lowest BCUT2D eigenvalue weighted by atomic mass is 10.1. The summed E-state index contributed by atoms with van der Waals surface area (Å²) in [6.07, 6.45) is 3.42. The molecular formula is C18H10Cl4N4S. The monoisotopic (exact) mass is 454 g/mol. The van der Waals surface area contributed by atoms with E-state index < -0.39 is 0 Å². The zero-order valence-corrected chi connectivity index (χ0v) is 17.6. The summed E-state index contributed by atoms with van der Waals surface area (Å²) in [6.45, 7) is 0. The van der Waals surface area contributed by atoms with E-state index in [0.29, 0.717) is 31.4 Å². The van der Waals surface area contributed by atoms with Crippen molar-refractivity contribution in [2.24, 2.45) is 0 Å². The maximum Gasteiger partial charge on any atom is 0.168 e. The van der Waals surface area contributed by atoms with Crippen LogP contribution in [0.1, 0.15) is 0 Å². The summed E-state index contributed by atoms with van der Waals surface area (Å²) < 4.78 is 1.62. The molecule has 0 aliphatic carbocycles. The van der Waals surface area contributed by atoms with Gasteiger partial charge in [-0.25, -0.2) is 14.6 Å². The molecule has 0 atom stereocenters. The highest BCUT2D eigenvalue weighted by Crippen LogP contribution is 2.38. The van der Waals surface area contributed by atoms with Gasteiger partial charge in [-0.2, -0.15) is 5.10 Å². The third-order valence-corrected chi connectivity index (χ3v) is 5.62. The van der Waals surface area contributed by atoms with Crippen LogP contribution in [0.2, 0.25) is 20.1 Å². The zero-order chi connectivity index (χ0) is 19.1. The number of benzene rings is 2. The van der Waals surface area contributed by atoms with E-state index in [1.165, 1.54) is 18.1 Å². The van der Waals surface area contributed by atoms with Gasteiger partial charge in [-0.05, 0) is 30.5 Å². The minimum Gasteiger partial charge on any atom is -0.235 e. The second-order valence-electron chi connectivity index (χ2n) is 5.57. The van der Waals surface area contributed by atoms with E-state index in [9.17, 15) is 0 Å². The number of aromatic nitrogens is 4. The molecule has 9 heteroatoms. The van der Waals surface area contributed by atoms with Crippen molar-refractivity contribution in [1.29, 1.82) is 0 Å². The highest BCUT2D eigenvalue weighted by atomic mass is 35.5. The first-order valence-electron chi connectivity index (χ1n) is 7.68. The highest BCUT2D eigenvalue weighted by Gasteiger charge is 2.21. The van der Waals surface area contributed by atoms with Crippen LogP contribution in [0.25, 0.3) is 28.0 Å². The van der Waals surface area contributed by atoms with Gasteiger partial charge in [-0.15, -0.1) is 11.8 Å². The van der Waals surface area contributed by atoms with E-state index in [4.69, 9.17) is 46.4 Å². The Hall–Kier alpha value is -1.50. The van der Waals surface area contributed by atoms with Crippen molar-refractivity contribution in [2.45, 2.75) is 5.03 Å². The minimum atomic E-state index is 0.382. The van der Waals surface area contributed by atoms with E-state index in [-0.39, 0.29) is 0 Å². The molecule has 0 fully saturated rings. The first-order valence-corrected chi connectivity index (χ1v) is 10.4. The molecule has 0 bridgehead atoms. The van der Waals surface area contributed by atoms with Crippen LogP contribution in [0.5, 0.6) is 0 Å². The predicted octanol–water partition coefficient (Wildman–Crippen LogP) is 6.82. The molecule has 0 radical (unpaired) electrons. The lowest BCUT2D eigenvalue weighted by Gasteiger charge is -2.09. The molecule has 0 aliphatic heterocycles. The Labute approximate surface area is 179 Å². The fourth-order valence-electron chi connectivity index (χ4n) is 2.81. The molecule has 0 saturated heterocycles. The molecule has 0 amide bonds. The molecule has 4 nitrogen and oxygen atoms in total. The number of halogens is 4. The van der Waals surface area contributed by atoms with Crippen molar-refractivity contribution in [1.82, 2.24) is 19.7 Å². The summed E-state index contributed by atoms with van der Waals surface area (Å²) in [5.41, 5.74) is 2.72. The van der Waals surface area contributed by atoms with Crippen molar-refractivity contribution in [3.63, 3.8) is 0 Å². The number of nitrogens with zero attached hydrogens (tertiary/aromatic N) is 4. The molecule has 0 saturated carbocycles. The molecule has 2 heterocycles. The van der Waals surface area contributed by atoms with Crippen LogP contribution in [0, 0.1) is 0 Å². The fourth-order valence-corrected chi connectivity index (χ4v) is 4.54. The Morgan fingerprint density at radius 3 is 2.33 bits per heavy atom. The summed E-state index contributed by atoms with van der Waals surface area (Å²) in [7, 11) is 0. The molecule has 4 rings (SSSR count). The van der Waals surface area contributed by atoms with Crippen LogP contribution >= 0.6 is 58.2 Å². The topological polar surface area (TPSA) is 43.6 Å². The van der Waals surface area contributed by atoms with Crippen LogP contribution in [-0.2, 0) is 0 Å². The summed E-state index contributed by atoms with van der Waals surface area (Å²) >= 11 is 26.5. The zero-order valence-electron chi connectivity index (χ0n) is 13.8. The minimum absolute atomic E-state index is 0.382. The van der Waals surface area contributed by atoms with Crippen molar-refractivity contribution < 1.29 is 0 Å². The second kappa shape index (κ2) is 7.49. The molecule has 2 aromatic heterocycles. The molecule has 0 N–H and O–H groups in total. The SMILES string of the molecule is CSc1nn(-c2c(Cl)cc(Cl)cc2Cl)c2ncnc(-c3cccc(Cl)c3)c12. The van der Waals surface area contributed by atoms with Crippen LogP contribution in [0.15, 0.2) is 47.8 Å². The average Bonchev–Trinajstić information content (AvgIpc) is 2.99. The average molecular weight is 456 g/mol. The molecular weight excluding hydrogens is 446 g/mol. The van der Waals surface area contributed by atoms with Crippen molar-refractivity contribution >= 4 is 69.2 Å². The molecule has 4 aromatic rings. The Bertz CT molecular complexity index is 1150. The Morgan fingerprint density at radius 2 is 1.67 bits per heavy atom. The lowest BCUT2D eigenvalue weighted by molar-refractivity contribution is 0.852. The van der Waals surface area contributed by atoms with Gasteiger partial charge >= 0.3 is 0 Å². The first-order chi connectivity index (χ1) is 13.0. The van der Waals surface area contributed by atoms with E-state index in [1.807, 2.05) is 30.5 Å². The van der Waals surface area contributed by atoms with Gasteiger partial charge in [-0.1, -0.05) is 58.5 Å². The third-order valence-electron chi connectivity index (χ3n) is 3.92. The largest absolute Gasteiger partial charge is 0.235 e. The molecule has 0 aliphatic rings. The molecule has 136 valence electrons. The number of fused-ring (bicyclic) bond motifs is 1. The van der Waals surface area contributed by atoms with E-state index in [0.717, 1.165) is 21.7 Å². The van der Waals surface area contributed by atoms with Gasteiger partial charge in [-0.3, -0.25) is 0 Å². The van der Waals surface area contributed by atoms with Gasteiger partial charge in [0.05, 0.1) is 21.1 Å². The van der Waals surface area contributed by atoms with Crippen molar-refractivity contribution in [3.05, 3.63) is 62.8 Å². The van der Waals surface area contributed by atoms with E-state index >= 15 is 0 Å². The van der Waals surface area contributed by atoms with Gasteiger partial charge in [0.15, 0.2) is 5.65 Å². The van der Waals surface area contributed by atoms with Gasteiger partial charge in [0, 0.05) is 15.6 Å².